The summed E-state index contributed by atoms with van der Waals surface area (Å²) in [6, 6.07) is 4.08. The molecule has 0 radical (unpaired) electrons. The first-order valence-electron chi connectivity index (χ1n) is 8.46. The Kier molecular flexibility index (Phi) is 6.13. The Bertz CT molecular complexity index is 523. The van der Waals surface area contributed by atoms with Crippen LogP contribution in [0, 0.1) is 12.8 Å². The minimum Gasteiger partial charge on any atom is -0.372 e. The second kappa shape index (κ2) is 7.88. The highest BCUT2D eigenvalue weighted by molar-refractivity contribution is 5.78. The standard InChI is InChI=1S/C18H29N3O2/c1-12(2)17(18-13(3)7-6-8-19-18)20-9-16(22)21-10-14(4)23-15(5)11-21/h6-8,12,14-15,17,20H,9-11H2,1-5H3/t14-,15-,17+/m0/s1. The minimum absolute atomic E-state index is 0.0797. The summed E-state index contributed by atoms with van der Waals surface area (Å²) in [7, 11) is 0. The zero-order chi connectivity index (χ0) is 17.0. The molecule has 2 rings (SSSR count). The number of carbonyl (C=O) groups excluding carboxylic acids is 1. The lowest BCUT2D eigenvalue weighted by Crippen LogP contribution is -2.51. The summed E-state index contributed by atoms with van der Waals surface area (Å²) in [5.74, 6) is 0.491. The van der Waals surface area contributed by atoms with E-state index in [0.717, 1.165) is 11.3 Å². The Labute approximate surface area is 139 Å². The molecule has 0 saturated carbocycles. The summed E-state index contributed by atoms with van der Waals surface area (Å²) in [6.45, 7) is 12.0. The number of rotatable bonds is 5. The van der Waals surface area contributed by atoms with E-state index in [2.05, 4.69) is 37.1 Å². The molecule has 0 aromatic carbocycles. The highest BCUT2D eigenvalue weighted by Crippen LogP contribution is 2.22. The fourth-order valence-corrected chi connectivity index (χ4v) is 3.16. The molecule has 0 bridgehead atoms. The van der Waals surface area contributed by atoms with Gasteiger partial charge in [-0.1, -0.05) is 19.9 Å². The van der Waals surface area contributed by atoms with E-state index in [1.807, 2.05) is 31.0 Å². The van der Waals surface area contributed by atoms with Crippen LogP contribution in [0.25, 0.3) is 0 Å². The van der Waals surface area contributed by atoms with Crippen LogP contribution in [-0.4, -0.2) is 47.6 Å². The predicted molar refractivity (Wildman–Crippen MR) is 91.1 cm³/mol. The van der Waals surface area contributed by atoms with E-state index < -0.39 is 0 Å². The lowest BCUT2D eigenvalue weighted by molar-refractivity contribution is -0.142. The number of hydrogen-bond donors (Lipinski definition) is 1. The van der Waals surface area contributed by atoms with Gasteiger partial charge in [-0.3, -0.25) is 15.1 Å². The highest BCUT2D eigenvalue weighted by Gasteiger charge is 2.27. The fraction of sp³-hybridized carbons (Fsp3) is 0.667. The molecule has 128 valence electrons. The molecule has 1 aromatic heterocycles. The molecule has 1 saturated heterocycles. The zero-order valence-electron chi connectivity index (χ0n) is 14.9. The molecule has 1 N–H and O–H groups in total. The first-order chi connectivity index (χ1) is 10.9. The van der Waals surface area contributed by atoms with Crippen LogP contribution >= 0.6 is 0 Å². The molecule has 0 unspecified atom stereocenters. The third-order valence-corrected chi connectivity index (χ3v) is 4.26. The van der Waals surface area contributed by atoms with Crippen LogP contribution < -0.4 is 5.32 Å². The van der Waals surface area contributed by atoms with Crippen LogP contribution in [0.3, 0.4) is 0 Å². The van der Waals surface area contributed by atoms with Crippen LogP contribution in [0.5, 0.6) is 0 Å². The maximum Gasteiger partial charge on any atom is 0.236 e. The third kappa shape index (κ3) is 4.75. The average molecular weight is 319 g/mol. The number of ether oxygens (including phenoxy) is 1. The van der Waals surface area contributed by atoms with Gasteiger partial charge in [0.25, 0.3) is 0 Å². The second-order valence-electron chi connectivity index (χ2n) is 6.86. The molecule has 1 amide bonds. The summed E-state index contributed by atoms with van der Waals surface area (Å²) in [5, 5.41) is 3.41. The van der Waals surface area contributed by atoms with Crippen molar-refractivity contribution in [2.24, 2.45) is 5.92 Å². The largest absolute Gasteiger partial charge is 0.372 e. The van der Waals surface area contributed by atoms with Gasteiger partial charge in [-0.15, -0.1) is 0 Å². The second-order valence-corrected chi connectivity index (χ2v) is 6.86. The van der Waals surface area contributed by atoms with Gasteiger partial charge >= 0.3 is 0 Å². The summed E-state index contributed by atoms with van der Waals surface area (Å²) in [4.78, 5) is 18.9. The van der Waals surface area contributed by atoms with Crippen molar-refractivity contribution in [2.45, 2.75) is 52.9 Å². The molecule has 5 heteroatoms. The third-order valence-electron chi connectivity index (χ3n) is 4.26. The van der Waals surface area contributed by atoms with Crippen molar-refractivity contribution in [3.05, 3.63) is 29.6 Å². The van der Waals surface area contributed by atoms with Crippen molar-refractivity contribution < 1.29 is 9.53 Å². The van der Waals surface area contributed by atoms with E-state index in [9.17, 15) is 4.79 Å². The van der Waals surface area contributed by atoms with Crippen molar-refractivity contribution in [1.29, 1.82) is 0 Å². The highest BCUT2D eigenvalue weighted by atomic mass is 16.5. The van der Waals surface area contributed by atoms with Gasteiger partial charge in [0.2, 0.25) is 5.91 Å². The molecule has 5 nitrogen and oxygen atoms in total. The molecule has 0 aliphatic carbocycles. The zero-order valence-corrected chi connectivity index (χ0v) is 14.9. The van der Waals surface area contributed by atoms with Crippen LogP contribution in [0.4, 0.5) is 0 Å². The van der Waals surface area contributed by atoms with E-state index >= 15 is 0 Å². The SMILES string of the molecule is Cc1cccnc1[C@H](NCC(=O)N1C[C@H](C)O[C@@H](C)C1)C(C)C. The van der Waals surface area contributed by atoms with Crippen LogP contribution in [0.15, 0.2) is 18.3 Å². The number of nitrogens with one attached hydrogen (secondary N) is 1. The van der Waals surface area contributed by atoms with Crippen molar-refractivity contribution in [3.63, 3.8) is 0 Å². The number of aromatic nitrogens is 1. The predicted octanol–water partition coefficient (Wildman–Crippen LogP) is 2.31. The normalized spacial score (nSPS) is 23.1. The molecule has 2 heterocycles. The van der Waals surface area contributed by atoms with Gasteiger partial charge in [-0.25, -0.2) is 0 Å². The Morgan fingerprint density at radius 3 is 2.61 bits per heavy atom. The van der Waals surface area contributed by atoms with Crippen LogP contribution in [-0.2, 0) is 9.53 Å². The van der Waals surface area contributed by atoms with Crippen molar-refractivity contribution in [3.8, 4) is 0 Å². The molecule has 1 aliphatic rings. The molecule has 1 fully saturated rings. The number of amides is 1. The summed E-state index contributed by atoms with van der Waals surface area (Å²) in [6.07, 6.45) is 2.01. The number of morpholine rings is 1. The summed E-state index contributed by atoms with van der Waals surface area (Å²) in [5.41, 5.74) is 2.18. The van der Waals surface area contributed by atoms with Gasteiger partial charge in [0.05, 0.1) is 30.5 Å². The molecule has 3 atom stereocenters. The topological polar surface area (TPSA) is 54.5 Å². The quantitative estimate of drug-likeness (QED) is 0.905. The lowest BCUT2D eigenvalue weighted by Gasteiger charge is -2.36. The van der Waals surface area contributed by atoms with E-state index in [1.54, 1.807) is 0 Å². The Hall–Kier alpha value is -1.46. The van der Waals surface area contributed by atoms with E-state index in [0.29, 0.717) is 25.6 Å². The van der Waals surface area contributed by atoms with Gasteiger partial charge < -0.3 is 9.64 Å². The molecule has 23 heavy (non-hydrogen) atoms. The van der Waals surface area contributed by atoms with Crippen molar-refractivity contribution in [2.75, 3.05) is 19.6 Å². The number of carbonyl (C=O) groups is 1. The van der Waals surface area contributed by atoms with Gasteiger partial charge in [0.1, 0.15) is 0 Å². The molecule has 0 spiro atoms. The maximum absolute atomic E-state index is 12.5. The molecular weight excluding hydrogens is 290 g/mol. The van der Waals surface area contributed by atoms with Gasteiger partial charge in [-0.05, 0) is 38.3 Å². The first-order valence-corrected chi connectivity index (χ1v) is 8.46. The van der Waals surface area contributed by atoms with E-state index in [-0.39, 0.29) is 24.2 Å². The molecule has 1 aromatic rings. The Balaban J connectivity index is 1.99. The van der Waals surface area contributed by atoms with E-state index in [1.165, 1.54) is 0 Å². The average Bonchev–Trinajstić information content (AvgIpc) is 2.47. The van der Waals surface area contributed by atoms with E-state index in [4.69, 9.17) is 4.74 Å². The minimum atomic E-state index is 0.0797. The van der Waals surface area contributed by atoms with Gasteiger partial charge in [0.15, 0.2) is 0 Å². The molecular formula is C18H29N3O2. The Morgan fingerprint density at radius 1 is 1.39 bits per heavy atom. The number of aryl methyl sites for hydroxylation is 1. The van der Waals surface area contributed by atoms with Gasteiger partial charge in [-0.2, -0.15) is 0 Å². The maximum atomic E-state index is 12.5. The molecule has 1 aliphatic heterocycles. The number of nitrogens with zero attached hydrogens (tertiary/aromatic N) is 2. The van der Waals surface area contributed by atoms with Crippen LogP contribution in [0.1, 0.15) is 45.0 Å². The fourth-order valence-electron chi connectivity index (χ4n) is 3.16. The summed E-state index contributed by atoms with van der Waals surface area (Å²) < 4.78 is 5.69. The lowest BCUT2D eigenvalue weighted by atomic mass is 9.97. The van der Waals surface area contributed by atoms with Crippen molar-refractivity contribution in [1.82, 2.24) is 15.2 Å². The number of hydrogen-bond acceptors (Lipinski definition) is 4. The Morgan fingerprint density at radius 2 is 2.04 bits per heavy atom. The number of pyridine rings is 1. The summed E-state index contributed by atoms with van der Waals surface area (Å²) >= 11 is 0. The van der Waals surface area contributed by atoms with Crippen molar-refractivity contribution >= 4 is 5.91 Å². The monoisotopic (exact) mass is 319 g/mol. The smallest absolute Gasteiger partial charge is 0.236 e. The first kappa shape index (κ1) is 17.9. The van der Waals surface area contributed by atoms with Gasteiger partial charge in [0, 0.05) is 19.3 Å². The van der Waals surface area contributed by atoms with Crippen LogP contribution in [0.2, 0.25) is 0 Å².